The number of nitrogens with one attached hydrogen (secondary N) is 1. The molecule has 0 unspecified atom stereocenters. The zero-order chi connectivity index (χ0) is 21.1. The van der Waals surface area contributed by atoms with Gasteiger partial charge < -0.3 is 10.1 Å². The second-order valence-corrected chi connectivity index (χ2v) is 7.06. The molecule has 0 fully saturated rings. The SMILES string of the molecule is COc1cccc(NC(=O)c2nc(-c3ccccc3)n(-c3ccc(C)c(Cl)c3)n2)c1. The molecule has 0 atom stereocenters. The van der Waals surface area contributed by atoms with Crippen molar-refractivity contribution in [3.63, 3.8) is 0 Å². The first-order valence-corrected chi connectivity index (χ1v) is 9.67. The van der Waals surface area contributed by atoms with Gasteiger partial charge in [0.05, 0.1) is 12.8 Å². The lowest BCUT2D eigenvalue weighted by molar-refractivity contribution is 0.101. The minimum atomic E-state index is -0.419. The number of amides is 1. The summed E-state index contributed by atoms with van der Waals surface area (Å²) >= 11 is 6.31. The molecule has 6 nitrogen and oxygen atoms in total. The Hall–Kier alpha value is -3.64. The fourth-order valence-electron chi connectivity index (χ4n) is 2.96. The summed E-state index contributed by atoms with van der Waals surface area (Å²) in [6, 6.07) is 22.3. The highest BCUT2D eigenvalue weighted by Crippen LogP contribution is 2.25. The number of carbonyl (C=O) groups is 1. The lowest BCUT2D eigenvalue weighted by atomic mass is 10.2. The van der Waals surface area contributed by atoms with Gasteiger partial charge in [-0.25, -0.2) is 9.67 Å². The molecule has 0 aliphatic heterocycles. The van der Waals surface area contributed by atoms with Gasteiger partial charge in [0.1, 0.15) is 5.75 Å². The predicted octanol–water partition coefficient (Wildman–Crippen LogP) is 5.16. The van der Waals surface area contributed by atoms with Crippen LogP contribution in [-0.2, 0) is 0 Å². The number of carbonyl (C=O) groups excluding carboxylic acids is 1. The number of methoxy groups -OCH3 is 1. The van der Waals surface area contributed by atoms with E-state index >= 15 is 0 Å². The number of hydrogen-bond donors (Lipinski definition) is 1. The molecule has 4 rings (SSSR count). The highest BCUT2D eigenvalue weighted by molar-refractivity contribution is 6.31. The Bertz CT molecular complexity index is 1210. The van der Waals surface area contributed by atoms with Gasteiger partial charge in [0, 0.05) is 22.3 Å². The Labute approximate surface area is 179 Å². The second kappa shape index (κ2) is 8.39. The molecule has 0 spiro atoms. The molecule has 0 bridgehead atoms. The maximum atomic E-state index is 12.8. The van der Waals surface area contributed by atoms with Crippen molar-refractivity contribution in [3.8, 4) is 22.8 Å². The molecule has 0 aliphatic rings. The highest BCUT2D eigenvalue weighted by atomic mass is 35.5. The number of nitrogens with zero attached hydrogens (tertiary/aromatic N) is 3. The molecule has 3 aromatic carbocycles. The van der Waals surface area contributed by atoms with Gasteiger partial charge in [0.15, 0.2) is 5.82 Å². The third-order valence-corrected chi connectivity index (χ3v) is 4.98. The smallest absolute Gasteiger partial charge is 0.295 e. The van der Waals surface area contributed by atoms with Crippen LogP contribution in [0.15, 0.2) is 72.8 Å². The number of anilines is 1. The van der Waals surface area contributed by atoms with Crippen LogP contribution < -0.4 is 10.1 Å². The standard InChI is InChI=1S/C23H19ClN4O2/c1-15-11-12-18(14-20(15)24)28-22(16-7-4-3-5-8-16)26-21(27-28)23(29)25-17-9-6-10-19(13-17)30-2/h3-14H,1-2H3,(H,25,29). The number of hydrogen-bond acceptors (Lipinski definition) is 4. The van der Waals surface area contributed by atoms with E-state index < -0.39 is 5.91 Å². The van der Waals surface area contributed by atoms with Crippen molar-refractivity contribution in [2.24, 2.45) is 0 Å². The Balaban J connectivity index is 1.74. The van der Waals surface area contributed by atoms with Crippen molar-refractivity contribution in [2.75, 3.05) is 12.4 Å². The van der Waals surface area contributed by atoms with Crippen LogP contribution in [0.5, 0.6) is 5.75 Å². The number of rotatable bonds is 5. The van der Waals surface area contributed by atoms with Gasteiger partial charge in [-0.15, -0.1) is 5.10 Å². The topological polar surface area (TPSA) is 69.0 Å². The molecule has 0 aliphatic carbocycles. The Kier molecular flexibility index (Phi) is 5.50. The zero-order valence-corrected chi connectivity index (χ0v) is 17.2. The molecule has 0 radical (unpaired) electrons. The first-order valence-electron chi connectivity index (χ1n) is 9.29. The predicted molar refractivity (Wildman–Crippen MR) is 117 cm³/mol. The van der Waals surface area contributed by atoms with Crippen LogP contribution in [0.2, 0.25) is 5.02 Å². The summed E-state index contributed by atoms with van der Waals surface area (Å²) in [6.07, 6.45) is 0. The van der Waals surface area contributed by atoms with Crippen molar-refractivity contribution < 1.29 is 9.53 Å². The van der Waals surface area contributed by atoms with Crippen molar-refractivity contribution in [1.29, 1.82) is 0 Å². The molecule has 1 N–H and O–H groups in total. The quantitative estimate of drug-likeness (QED) is 0.486. The van der Waals surface area contributed by atoms with Crippen molar-refractivity contribution >= 4 is 23.2 Å². The lowest BCUT2D eigenvalue weighted by Crippen LogP contribution is -2.14. The molecule has 7 heteroatoms. The van der Waals surface area contributed by atoms with E-state index in [1.807, 2.05) is 55.5 Å². The van der Waals surface area contributed by atoms with Crippen LogP contribution >= 0.6 is 11.6 Å². The summed E-state index contributed by atoms with van der Waals surface area (Å²) in [5, 5.41) is 7.90. The normalized spacial score (nSPS) is 10.6. The summed E-state index contributed by atoms with van der Waals surface area (Å²) in [7, 11) is 1.57. The van der Waals surface area contributed by atoms with E-state index in [0.29, 0.717) is 22.3 Å². The van der Waals surface area contributed by atoms with Gasteiger partial charge >= 0.3 is 0 Å². The summed E-state index contributed by atoms with van der Waals surface area (Å²) in [4.78, 5) is 17.4. The molecule has 150 valence electrons. The molecule has 4 aromatic rings. The largest absolute Gasteiger partial charge is 0.497 e. The molecule has 1 amide bonds. The molecular weight excluding hydrogens is 400 g/mol. The minimum absolute atomic E-state index is 0.0494. The van der Waals surface area contributed by atoms with E-state index in [0.717, 1.165) is 16.8 Å². The maximum absolute atomic E-state index is 12.8. The zero-order valence-electron chi connectivity index (χ0n) is 16.5. The van der Waals surface area contributed by atoms with Gasteiger partial charge in [0.25, 0.3) is 5.91 Å². The fraction of sp³-hybridized carbons (Fsp3) is 0.0870. The monoisotopic (exact) mass is 418 g/mol. The Morgan fingerprint density at radius 2 is 1.83 bits per heavy atom. The molecule has 0 saturated heterocycles. The van der Waals surface area contributed by atoms with E-state index in [1.165, 1.54) is 0 Å². The Morgan fingerprint density at radius 3 is 2.57 bits per heavy atom. The summed E-state index contributed by atoms with van der Waals surface area (Å²) < 4.78 is 6.83. The maximum Gasteiger partial charge on any atom is 0.295 e. The van der Waals surface area contributed by atoms with Crippen LogP contribution in [0, 0.1) is 6.92 Å². The molecule has 1 heterocycles. The van der Waals surface area contributed by atoms with Crippen LogP contribution in [0.25, 0.3) is 17.1 Å². The van der Waals surface area contributed by atoms with Crippen molar-refractivity contribution in [3.05, 3.63) is 89.2 Å². The summed E-state index contributed by atoms with van der Waals surface area (Å²) in [6.45, 7) is 1.93. The van der Waals surface area contributed by atoms with Crippen molar-refractivity contribution in [2.45, 2.75) is 6.92 Å². The van der Waals surface area contributed by atoms with E-state index in [1.54, 1.807) is 36.1 Å². The van der Waals surface area contributed by atoms with Gasteiger partial charge in [-0.2, -0.15) is 0 Å². The van der Waals surface area contributed by atoms with Gasteiger partial charge in [-0.3, -0.25) is 4.79 Å². The number of ether oxygens (including phenoxy) is 1. The lowest BCUT2D eigenvalue weighted by Gasteiger charge is -2.07. The molecule has 0 saturated carbocycles. The molecule has 30 heavy (non-hydrogen) atoms. The number of aryl methyl sites for hydroxylation is 1. The third-order valence-electron chi connectivity index (χ3n) is 4.57. The Morgan fingerprint density at radius 1 is 1.03 bits per heavy atom. The van der Waals surface area contributed by atoms with Gasteiger partial charge in [0.2, 0.25) is 5.82 Å². The summed E-state index contributed by atoms with van der Waals surface area (Å²) in [5.74, 6) is 0.822. The molecular formula is C23H19ClN4O2. The van der Waals surface area contributed by atoms with Gasteiger partial charge in [-0.05, 0) is 36.8 Å². The number of benzene rings is 3. The van der Waals surface area contributed by atoms with E-state index in [2.05, 4.69) is 15.4 Å². The average molecular weight is 419 g/mol. The number of aromatic nitrogens is 3. The first-order chi connectivity index (χ1) is 14.5. The fourth-order valence-corrected chi connectivity index (χ4v) is 3.14. The first kappa shape index (κ1) is 19.7. The number of halogens is 1. The van der Waals surface area contributed by atoms with Crippen LogP contribution in [0.4, 0.5) is 5.69 Å². The van der Waals surface area contributed by atoms with Crippen LogP contribution in [0.1, 0.15) is 16.2 Å². The van der Waals surface area contributed by atoms with E-state index in [-0.39, 0.29) is 5.82 Å². The van der Waals surface area contributed by atoms with E-state index in [9.17, 15) is 4.79 Å². The van der Waals surface area contributed by atoms with E-state index in [4.69, 9.17) is 16.3 Å². The average Bonchev–Trinajstić information content (AvgIpc) is 3.22. The van der Waals surface area contributed by atoms with Crippen LogP contribution in [0.3, 0.4) is 0 Å². The second-order valence-electron chi connectivity index (χ2n) is 6.66. The van der Waals surface area contributed by atoms with Gasteiger partial charge in [-0.1, -0.05) is 54.1 Å². The van der Waals surface area contributed by atoms with Crippen LogP contribution in [-0.4, -0.2) is 27.8 Å². The minimum Gasteiger partial charge on any atom is -0.497 e. The summed E-state index contributed by atoms with van der Waals surface area (Å²) in [5.41, 5.74) is 3.10. The molecule has 1 aromatic heterocycles. The van der Waals surface area contributed by atoms with Crippen molar-refractivity contribution in [1.82, 2.24) is 14.8 Å². The highest BCUT2D eigenvalue weighted by Gasteiger charge is 2.19. The third kappa shape index (κ3) is 4.04.